The summed E-state index contributed by atoms with van der Waals surface area (Å²) in [6.45, 7) is 6.02. The summed E-state index contributed by atoms with van der Waals surface area (Å²) in [4.78, 5) is 6.84. The third-order valence-electron chi connectivity index (χ3n) is 4.70. The van der Waals surface area contributed by atoms with E-state index < -0.39 is 0 Å². The fourth-order valence-corrected chi connectivity index (χ4v) is 3.32. The molecule has 3 rings (SSSR count). The predicted molar refractivity (Wildman–Crippen MR) is 115 cm³/mol. The van der Waals surface area contributed by atoms with Crippen LogP contribution in [0.5, 0.6) is 0 Å². The smallest absolute Gasteiger partial charge is 0.191 e. The topological polar surface area (TPSA) is 70.4 Å². The van der Waals surface area contributed by atoms with E-state index in [0.717, 1.165) is 30.6 Å². The number of hydrogen-bond donors (Lipinski definition) is 2. The van der Waals surface area contributed by atoms with Gasteiger partial charge in [0.1, 0.15) is 6.33 Å². The van der Waals surface area contributed by atoms with Crippen molar-refractivity contribution in [3.63, 3.8) is 0 Å². The Bertz CT molecular complexity index is 686. The third kappa shape index (κ3) is 5.16. The maximum absolute atomic E-state index is 4.32. The van der Waals surface area contributed by atoms with E-state index in [4.69, 9.17) is 0 Å². The molecular formula is C18H28IN7. The SMILES string of the molecule is CCN1CCCC1CNC(=NC)NCc1nncn1-c1ccccc1.I. The maximum atomic E-state index is 4.32. The molecule has 2 N–H and O–H groups in total. The molecule has 0 aliphatic carbocycles. The number of rotatable bonds is 6. The lowest BCUT2D eigenvalue weighted by Crippen LogP contribution is -2.44. The van der Waals surface area contributed by atoms with Crippen molar-refractivity contribution < 1.29 is 0 Å². The van der Waals surface area contributed by atoms with Gasteiger partial charge in [-0.2, -0.15) is 0 Å². The number of guanidine groups is 1. The molecule has 1 aliphatic rings. The first-order chi connectivity index (χ1) is 12.3. The van der Waals surface area contributed by atoms with Crippen molar-refractivity contribution in [3.05, 3.63) is 42.5 Å². The second-order valence-electron chi connectivity index (χ2n) is 6.18. The Labute approximate surface area is 172 Å². The van der Waals surface area contributed by atoms with Crippen LogP contribution < -0.4 is 10.6 Å². The van der Waals surface area contributed by atoms with Crippen LogP contribution in [-0.4, -0.2) is 58.3 Å². The molecule has 0 spiro atoms. The monoisotopic (exact) mass is 469 g/mol. The van der Waals surface area contributed by atoms with Gasteiger partial charge < -0.3 is 10.6 Å². The van der Waals surface area contributed by atoms with Crippen LogP contribution in [0.2, 0.25) is 0 Å². The first kappa shape index (κ1) is 20.6. The Balaban J connectivity index is 0.00000243. The van der Waals surface area contributed by atoms with Crippen molar-refractivity contribution in [2.24, 2.45) is 4.99 Å². The standard InChI is InChI=1S/C18H27N7.HI/c1-3-24-11-7-10-16(24)12-20-18(19-2)21-13-17-23-22-14-25(17)15-8-5-4-6-9-15;/h4-6,8-9,14,16H,3,7,10-13H2,1-2H3,(H2,19,20,21);1H. The van der Waals surface area contributed by atoms with Crippen LogP contribution in [0.15, 0.2) is 41.7 Å². The lowest BCUT2D eigenvalue weighted by molar-refractivity contribution is 0.267. The second kappa shape index (κ2) is 10.5. The average molecular weight is 469 g/mol. The lowest BCUT2D eigenvalue weighted by atomic mass is 10.2. The van der Waals surface area contributed by atoms with Gasteiger partial charge in [0.05, 0.1) is 6.54 Å². The molecule has 0 radical (unpaired) electrons. The van der Waals surface area contributed by atoms with Gasteiger partial charge in [-0.15, -0.1) is 34.2 Å². The van der Waals surface area contributed by atoms with Gasteiger partial charge in [0.25, 0.3) is 0 Å². The number of nitrogens with zero attached hydrogens (tertiary/aromatic N) is 5. The average Bonchev–Trinajstić information content (AvgIpc) is 3.31. The van der Waals surface area contributed by atoms with Gasteiger partial charge in [0.2, 0.25) is 0 Å². The predicted octanol–water partition coefficient (Wildman–Crippen LogP) is 2.03. The summed E-state index contributed by atoms with van der Waals surface area (Å²) >= 11 is 0. The van der Waals surface area contributed by atoms with Gasteiger partial charge in [-0.3, -0.25) is 14.5 Å². The molecule has 2 heterocycles. The summed E-state index contributed by atoms with van der Waals surface area (Å²) in [6, 6.07) is 10.7. The summed E-state index contributed by atoms with van der Waals surface area (Å²) in [5, 5.41) is 15.0. The molecule has 7 nitrogen and oxygen atoms in total. The molecular weight excluding hydrogens is 441 g/mol. The largest absolute Gasteiger partial charge is 0.355 e. The Morgan fingerprint density at radius 3 is 2.81 bits per heavy atom. The van der Waals surface area contributed by atoms with Gasteiger partial charge >= 0.3 is 0 Å². The Kier molecular flexibility index (Phi) is 8.30. The fraction of sp³-hybridized carbons (Fsp3) is 0.500. The van der Waals surface area contributed by atoms with Crippen LogP contribution in [0.25, 0.3) is 5.69 Å². The molecule has 1 aromatic heterocycles. The van der Waals surface area contributed by atoms with E-state index in [1.165, 1.54) is 19.4 Å². The Hall–Kier alpha value is -1.68. The van der Waals surface area contributed by atoms with Crippen molar-refractivity contribution in [3.8, 4) is 5.69 Å². The highest BCUT2D eigenvalue weighted by Gasteiger charge is 2.22. The fourth-order valence-electron chi connectivity index (χ4n) is 3.32. The molecule has 1 unspecified atom stereocenters. The number of para-hydroxylation sites is 1. The first-order valence-corrected chi connectivity index (χ1v) is 8.94. The third-order valence-corrected chi connectivity index (χ3v) is 4.70. The van der Waals surface area contributed by atoms with Gasteiger partial charge in [-0.1, -0.05) is 25.1 Å². The minimum atomic E-state index is 0. The van der Waals surface area contributed by atoms with Crippen LogP contribution in [0.3, 0.4) is 0 Å². The highest BCUT2D eigenvalue weighted by molar-refractivity contribution is 14.0. The summed E-state index contributed by atoms with van der Waals surface area (Å²) in [7, 11) is 1.80. The van der Waals surface area contributed by atoms with E-state index in [9.17, 15) is 0 Å². The molecule has 0 bridgehead atoms. The summed E-state index contributed by atoms with van der Waals surface area (Å²) in [5.41, 5.74) is 1.05. The Morgan fingerprint density at radius 1 is 1.27 bits per heavy atom. The van der Waals surface area contributed by atoms with Gasteiger partial charge in [0.15, 0.2) is 11.8 Å². The molecule has 142 valence electrons. The molecule has 8 heteroatoms. The minimum Gasteiger partial charge on any atom is -0.355 e. The summed E-state index contributed by atoms with van der Waals surface area (Å²) in [5.74, 6) is 1.65. The van der Waals surface area contributed by atoms with Crippen molar-refractivity contribution in [1.82, 2.24) is 30.3 Å². The van der Waals surface area contributed by atoms with E-state index in [1.807, 2.05) is 34.9 Å². The van der Waals surface area contributed by atoms with Crippen molar-refractivity contribution in [2.75, 3.05) is 26.7 Å². The number of halogens is 1. The van der Waals surface area contributed by atoms with Crippen LogP contribution >= 0.6 is 24.0 Å². The van der Waals surface area contributed by atoms with E-state index in [-0.39, 0.29) is 24.0 Å². The number of benzene rings is 1. The number of aliphatic imine (C=N–C) groups is 1. The zero-order valence-electron chi connectivity index (χ0n) is 15.4. The first-order valence-electron chi connectivity index (χ1n) is 8.94. The number of likely N-dealkylation sites (N-methyl/N-ethyl adjacent to an activating group) is 1. The van der Waals surface area contributed by atoms with E-state index in [0.29, 0.717) is 12.6 Å². The highest BCUT2D eigenvalue weighted by atomic mass is 127. The van der Waals surface area contributed by atoms with Crippen molar-refractivity contribution >= 4 is 29.9 Å². The molecule has 0 saturated carbocycles. The van der Waals surface area contributed by atoms with Gasteiger partial charge in [-0.25, -0.2) is 0 Å². The molecule has 26 heavy (non-hydrogen) atoms. The second-order valence-corrected chi connectivity index (χ2v) is 6.18. The normalized spacial score (nSPS) is 17.8. The van der Waals surface area contributed by atoms with E-state index >= 15 is 0 Å². The van der Waals surface area contributed by atoms with Crippen molar-refractivity contribution in [1.29, 1.82) is 0 Å². The number of hydrogen-bond acceptors (Lipinski definition) is 4. The molecule has 1 aliphatic heterocycles. The molecule has 1 saturated heterocycles. The molecule has 0 amide bonds. The number of nitrogens with one attached hydrogen (secondary N) is 2. The van der Waals surface area contributed by atoms with Crippen LogP contribution in [0, 0.1) is 0 Å². The van der Waals surface area contributed by atoms with Crippen molar-refractivity contribution in [2.45, 2.75) is 32.4 Å². The maximum Gasteiger partial charge on any atom is 0.191 e. The zero-order chi connectivity index (χ0) is 17.5. The number of aromatic nitrogens is 3. The van der Waals surface area contributed by atoms with Crippen LogP contribution in [-0.2, 0) is 6.54 Å². The molecule has 1 fully saturated rings. The summed E-state index contributed by atoms with van der Waals surface area (Å²) in [6.07, 6.45) is 4.27. The van der Waals surface area contributed by atoms with Crippen LogP contribution in [0.1, 0.15) is 25.6 Å². The molecule has 2 aromatic rings. The summed E-state index contributed by atoms with van der Waals surface area (Å²) < 4.78 is 1.98. The quantitative estimate of drug-likeness (QED) is 0.385. The van der Waals surface area contributed by atoms with Crippen LogP contribution in [0.4, 0.5) is 0 Å². The molecule has 1 aromatic carbocycles. The minimum absolute atomic E-state index is 0. The Morgan fingerprint density at radius 2 is 2.08 bits per heavy atom. The number of likely N-dealkylation sites (tertiary alicyclic amines) is 1. The zero-order valence-corrected chi connectivity index (χ0v) is 17.8. The highest BCUT2D eigenvalue weighted by Crippen LogP contribution is 2.15. The molecule has 1 atom stereocenters. The lowest BCUT2D eigenvalue weighted by Gasteiger charge is -2.23. The van der Waals surface area contributed by atoms with Gasteiger partial charge in [0, 0.05) is 25.3 Å². The van der Waals surface area contributed by atoms with E-state index in [2.05, 4.69) is 37.6 Å². The van der Waals surface area contributed by atoms with E-state index in [1.54, 1.807) is 13.4 Å². The van der Waals surface area contributed by atoms with Gasteiger partial charge in [-0.05, 0) is 38.1 Å².